The van der Waals surface area contributed by atoms with Crippen LogP contribution in [0.5, 0.6) is 0 Å². The predicted molar refractivity (Wildman–Crippen MR) is 94.3 cm³/mol. The molecule has 1 aliphatic heterocycles. The lowest BCUT2D eigenvalue weighted by atomic mass is 10.2. The molecule has 1 unspecified atom stereocenters. The quantitative estimate of drug-likeness (QED) is 0.716. The van der Waals surface area contributed by atoms with E-state index in [1.165, 1.54) is 18.4 Å². The fourth-order valence-corrected chi connectivity index (χ4v) is 4.79. The van der Waals surface area contributed by atoms with Gasteiger partial charge in [-0.05, 0) is 6.54 Å². The highest BCUT2D eigenvalue weighted by atomic mass is 32.2. The summed E-state index contributed by atoms with van der Waals surface area (Å²) in [5.74, 6) is 0.681. The first-order valence-corrected chi connectivity index (χ1v) is 9.71. The van der Waals surface area contributed by atoms with Crippen molar-refractivity contribution in [2.24, 2.45) is 14.1 Å². The van der Waals surface area contributed by atoms with Crippen molar-refractivity contribution in [3.05, 3.63) is 45.3 Å². The number of sulfonamides is 1. The number of aromatic amines is 1. The predicted octanol–water partition coefficient (Wildman–Crippen LogP) is -1.13. The van der Waals surface area contributed by atoms with Gasteiger partial charge in [-0.3, -0.25) is 14.3 Å². The molecule has 11 heteroatoms. The summed E-state index contributed by atoms with van der Waals surface area (Å²) in [6.45, 7) is 3.71. The van der Waals surface area contributed by atoms with E-state index in [-0.39, 0.29) is 19.1 Å². The maximum Gasteiger partial charge on any atom is 0.330 e. The number of hydrogen-bond donors (Lipinski definition) is 1. The third-order valence-electron chi connectivity index (χ3n) is 4.73. The Balaban J connectivity index is 2.01. The van der Waals surface area contributed by atoms with Crippen molar-refractivity contribution in [3.8, 4) is 0 Å². The normalized spacial score (nSPS) is 19.7. The van der Waals surface area contributed by atoms with Crippen molar-refractivity contribution < 1.29 is 8.42 Å². The van der Waals surface area contributed by atoms with Crippen LogP contribution in [0.1, 0.15) is 18.8 Å². The second-order valence-electron chi connectivity index (χ2n) is 6.23. The van der Waals surface area contributed by atoms with Crippen molar-refractivity contribution in [1.29, 1.82) is 0 Å². The zero-order valence-electron chi connectivity index (χ0n) is 14.9. The van der Waals surface area contributed by atoms with E-state index < -0.39 is 26.2 Å². The average molecular weight is 382 g/mol. The minimum atomic E-state index is -4.04. The number of nitrogens with one attached hydrogen (secondary N) is 1. The minimum Gasteiger partial charge on any atom is -0.347 e. The van der Waals surface area contributed by atoms with Crippen LogP contribution in [0.4, 0.5) is 0 Å². The molecule has 1 aliphatic rings. The van der Waals surface area contributed by atoms with Crippen LogP contribution < -0.4 is 11.2 Å². The molecule has 0 spiro atoms. The third kappa shape index (κ3) is 3.02. The largest absolute Gasteiger partial charge is 0.347 e. The van der Waals surface area contributed by atoms with Crippen molar-refractivity contribution in [1.82, 2.24) is 28.3 Å². The van der Waals surface area contributed by atoms with Crippen LogP contribution in [0.2, 0.25) is 0 Å². The van der Waals surface area contributed by atoms with Gasteiger partial charge in [0, 0.05) is 52.3 Å². The number of aromatic nitrogens is 4. The lowest BCUT2D eigenvalue weighted by Gasteiger charge is -2.39. The van der Waals surface area contributed by atoms with Gasteiger partial charge >= 0.3 is 5.69 Å². The van der Waals surface area contributed by atoms with E-state index in [0.29, 0.717) is 12.4 Å². The zero-order valence-corrected chi connectivity index (χ0v) is 15.7. The number of piperazine rings is 1. The van der Waals surface area contributed by atoms with Crippen molar-refractivity contribution in [3.63, 3.8) is 0 Å². The molecule has 3 heterocycles. The van der Waals surface area contributed by atoms with E-state index in [4.69, 9.17) is 0 Å². The lowest BCUT2D eigenvalue weighted by molar-refractivity contribution is 0.119. The smallest absolute Gasteiger partial charge is 0.330 e. The van der Waals surface area contributed by atoms with Crippen molar-refractivity contribution in [2.45, 2.75) is 17.9 Å². The minimum absolute atomic E-state index is 0.176. The van der Waals surface area contributed by atoms with Gasteiger partial charge in [0.05, 0.1) is 6.04 Å². The van der Waals surface area contributed by atoms with E-state index in [1.807, 2.05) is 6.92 Å². The van der Waals surface area contributed by atoms with Crippen LogP contribution in [0, 0.1) is 0 Å². The first-order valence-electron chi connectivity index (χ1n) is 8.27. The van der Waals surface area contributed by atoms with Crippen LogP contribution in [-0.4, -0.2) is 62.9 Å². The molecule has 1 atom stereocenters. The van der Waals surface area contributed by atoms with Crippen molar-refractivity contribution >= 4 is 10.0 Å². The van der Waals surface area contributed by atoms with Crippen molar-refractivity contribution in [2.75, 3.05) is 26.2 Å². The summed E-state index contributed by atoms with van der Waals surface area (Å²) in [4.78, 5) is 33.2. The number of hydrogen-bond acceptors (Lipinski definition) is 6. The molecule has 0 saturated carbocycles. The number of nitrogens with zero attached hydrogens (tertiary/aromatic N) is 5. The highest BCUT2D eigenvalue weighted by Crippen LogP contribution is 2.25. The number of H-pyrrole nitrogens is 1. The molecule has 1 saturated heterocycles. The van der Waals surface area contributed by atoms with E-state index in [1.54, 1.807) is 12.4 Å². The second kappa shape index (κ2) is 6.82. The van der Waals surface area contributed by atoms with Crippen LogP contribution in [-0.2, 0) is 24.1 Å². The fourth-order valence-electron chi connectivity index (χ4n) is 3.20. The molecule has 0 aromatic carbocycles. The van der Waals surface area contributed by atoms with Crippen LogP contribution in [0.3, 0.4) is 0 Å². The Labute approximate surface area is 150 Å². The summed E-state index contributed by atoms with van der Waals surface area (Å²) >= 11 is 0. The molecule has 10 nitrogen and oxygen atoms in total. The first-order chi connectivity index (χ1) is 12.3. The Morgan fingerprint density at radius 3 is 2.62 bits per heavy atom. The van der Waals surface area contributed by atoms with Gasteiger partial charge in [-0.15, -0.1) is 0 Å². The molecule has 2 aromatic heterocycles. The van der Waals surface area contributed by atoms with Gasteiger partial charge in [0.1, 0.15) is 5.82 Å². The average Bonchev–Trinajstić information content (AvgIpc) is 3.16. The number of likely N-dealkylation sites (N-methyl/N-ethyl adjacent to an activating group) is 1. The van der Waals surface area contributed by atoms with Gasteiger partial charge < -0.3 is 9.55 Å². The van der Waals surface area contributed by atoms with Gasteiger partial charge in [-0.25, -0.2) is 18.2 Å². The van der Waals surface area contributed by atoms with E-state index in [2.05, 4.69) is 14.9 Å². The SMILES string of the molecule is CCN1CCN(S(=O)(=O)c2cn(C)c(=O)n(C)c2=O)CC1c1ncc[nH]1. The molecule has 3 rings (SSSR count). The molecule has 26 heavy (non-hydrogen) atoms. The van der Waals surface area contributed by atoms with Crippen LogP contribution in [0.15, 0.2) is 33.1 Å². The second-order valence-corrected chi connectivity index (χ2v) is 8.14. The maximum absolute atomic E-state index is 13.1. The highest BCUT2D eigenvalue weighted by molar-refractivity contribution is 7.89. The molecule has 2 aromatic rings. The zero-order chi connectivity index (χ0) is 19.1. The Morgan fingerprint density at radius 1 is 1.27 bits per heavy atom. The van der Waals surface area contributed by atoms with Gasteiger partial charge in [0.15, 0.2) is 4.90 Å². The fraction of sp³-hybridized carbons (Fsp3) is 0.533. The standard InChI is InChI=1S/C15H22N6O4S/c1-4-20-7-8-21(9-11(20)13-16-5-6-17-13)26(24,25)12-10-18(2)15(23)19(3)14(12)22/h5-6,10-11H,4,7-9H2,1-3H3,(H,16,17). The Kier molecular flexibility index (Phi) is 4.86. The summed E-state index contributed by atoms with van der Waals surface area (Å²) in [5.41, 5.74) is -1.39. The van der Waals surface area contributed by atoms with Gasteiger partial charge in [0.25, 0.3) is 5.56 Å². The lowest BCUT2D eigenvalue weighted by Crippen LogP contribution is -2.52. The number of imidazole rings is 1. The third-order valence-corrected chi connectivity index (χ3v) is 6.58. The van der Waals surface area contributed by atoms with E-state index >= 15 is 0 Å². The summed E-state index contributed by atoms with van der Waals surface area (Å²) in [7, 11) is -1.35. The van der Waals surface area contributed by atoms with E-state index in [0.717, 1.165) is 21.9 Å². The summed E-state index contributed by atoms with van der Waals surface area (Å²) in [6.07, 6.45) is 4.41. The van der Waals surface area contributed by atoms with Gasteiger partial charge in [-0.1, -0.05) is 6.92 Å². The molecule has 1 N–H and O–H groups in total. The maximum atomic E-state index is 13.1. The highest BCUT2D eigenvalue weighted by Gasteiger charge is 2.37. The molecular formula is C15H22N6O4S. The van der Waals surface area contributed by atoms with Crippen LogP contribution >= 0.6 is 0 Å². The summed E-state index contributed by atoms with van der Waals surface area (Å²) < 4.78 is 29.4. The molecule has 142 valence electrons. The molecule has 0 bridgehead atoms. The van der Waals surface area contributed by atoms with Gasteiger partial charge in [-0.2, -0.15) is 4.31 Å². The Hall–Kier alpha value is -2.24. The number of aryl methyl sites for hydroxylation is 1. The monoisotopic (exact) mass is 382 g/mol. The molecule has 0 aliphatic carbocycles. The van der Waals surface area contributed by atoms with E-state index in [9.17, 15) is 18.0 Å². The molecule has 1 fully saturated rings. The molecule has 0 amide bonds. The Morgan fingerprint density at radius 2 is 2.00 bits per heavy atom. The first kappa shape index (κ1) is 18.5. The topological polar surface area (TPSA) is 113 Å². The molecule has 0 radical (unpaired) electrons. The summed E-state index contributed by atoms with van der Waals surface area (Å²) in [6, 6.07) is -0.227. The number of rotatable bonds is 4. The Bertz CT molecular complexity index is 1010. The van der Waals surface area contributed by atoms with Crippen LogP contribution in [0.25, 0.3) is 0 Å². The van der Waals surface area contributed by atoms with Gasteiger partial charge in [0.2, 0.25) is 10.0 Å². The summed E-state index contributed by atoms with van der Waals surface area (Å²) in [5, 5.41) is 0. The molecular weight excluding hydrogens is 360 g/mol.